The molecule has 0 atom stereocenters. The summed E-state index contributed by atoms with van der Waals surface area (Å²) in [4.78, 5) is 17.1. The van der Waals surface area contributed by atoms with Crippen LogP contribution >= 0.6 is 28.1 Å². The smallest absolute Gasteiger partial charge is 0.257 e. The standard InChI is InChI=1S/C25H22BrN3O3S/c1-14(2)16-6-11-22-20(12-16)27-24(32-22)17-7-10-21(31-3)19(13-17)28-25(33)29-23(30)15-4-8-18(26)9-5-15/h4-14H,1-3H3,(H2,28,29,30,33). The molecule has 3 aromatic carbocycles. The van der Waals surface area contributed by atoms with Gasteiger partial charge < -0.3 is 14.5 Å². The van der Waals surface area contributed by atoms with Crippen molar-refractivity contribution in [1.82, 2.24) is 10.3 Å². The van der Waals surface area contributed by atoms with Gasteiger partial charge in [0.2, 0.25) is 5.89 Å². The molecule has 1 heterocycles. The van der Waals surface area contributed by atoms with E-state index < -0.39 is 0 Å². The molecule has 4 rings (SSSR count). The minimum atomic E-state index is -0.310. The van der Waals surface area contributed by atoms with Gasteiger partial charge in [-0.3, -0.25) is 10.1 Å². The summed E-state index contributed by atoms with van der Waals surface area (Å²) in [5, 5.41) is 5.87. The van der Waals surface area contributed by atoms with Crippen molar-refractivity contribution in [2.45, 2.75) is 19.8 Å². The summed E-state index contributed by atoms with van der Waals surface area (Å²) in [6.07, 6.45) is 0. The van der Waals surface area contributed by atoms with Crippen LogP contribution in [-0.2, 0) is 0 Å². The summed E-state index contributed by atoms with van der Waals surface area (Å²) in [5.74, 6) is 1.15. The van der Waals surface area contributed by atoms with E-state index in [-0.39, 0.29) is 11.0 Å². The number of anilines is 1. The van der Waals surface area contributed by atoms with Crippen LogP contribution in [-0.4, -0.2) is 23.1 Å². The number of oxazole rings is 1. The summed E-state index contributed by atoms with van der Waals surface area (Å²) in [5.41, 5.74) is 4.56. The molecule has 0 aliphatic heterocycles. The number of hydrogen-bond acceptors (Lipinski definition) is 5. The van der Waals surface area contributed by atoms with E-state index in [9.17, 15) is 4.79 Å². The van der Waals surface area contributed by atoms with Crippen LogP contribution in [0.4, 0.5) is 5.69 Å². The molecular formula is C25H22BrN3O3S. The molecule has 0 bridgehead atoms. The Morgan fingerprint density at radius 1 is 1.09 bits per heavy atom. The molecule has 0 radical (unpaired) electrons. The fraction of sp³-hybridized carbons (Fsp3) is 0.160. The second kappa shape index (κ2) is 9.72. The van der Waals surface area contributed by atoms with Crippen molar-refractivity contribution in [3.8, 4) is 17.2 Å². The number of nitrogens with zero attached hydrogens (tertiary/aromatic N) is 1. The summed E-state index contributed by atoms with van der Waals surface area (Å²) in [6, 6.07) is 18.5. The number of carbonyl (C=O) groups is 1. The third-order valence-corrected chi connectivity index (χ3v) is 5.84. The molecule has 0 unspecified atom stereocenters. The van der Waals surface area contributed by atoms with E-state index in [0.717, 1.165) is 21.1 Å². The first-order chi connectivity index (χ1) is 15.8. The van der Waals surface area contributed by atoms with Gasteiger partial charge in [-0.15, -0.1) is 0 Å². The van der Waals surface area contributed by atoms with Gasteiger partial charge >= 0.3 is 0 Å². The van der Waals surface area contributed by atoms with Crippen LogP contribution in [0.5, 0.6) is 5.75 Å². The van der Waals surface area contributed by atoms with Gasteiger partial charge in [0, 0.05) is 15.6 Å². The third kappa shape index (κ3) is 5.23. The zero-order valence-corrected chi connectivity index (χ0v) is 20.7. The molecule has 0 fully saturated rings. The average Bonchev–Trinajstić information content (AvgIpc) is 3.22. The molecule has 2 N–H and O–H groups in total. The van der Waals surface area contributed by atoms with Crippen LogP contribution in [0.2, 0.25) is 0 Å². The van der Waals surface area contributed by atoms with Gasteiger partial charge in [0.25, 0.3) is 5.91 Å². The number of amides is 1. The number of fused-ring (bicyclic) bond motifs is 1. The van der Waals surface area contributed by atoms with Gasteiger partial charge in [0.15, 0.2) is 10.7 Å². The van der Waals surface area contributed by atoms with E-state index in [4.69, 9.17) is 21.4 Å². The highest BCUT2D eigenvalue weighted by Gasteiger charge is 2.15. The first-order valence-corrected chi connectivity index (χ1v) is 11.5. The Labute approximate surface area is 205 Å². The third-order valence-electron chi connectivity index (χ3n) is 5.11. The van der Waals surface area contributed by atoms with Crippen LogP contribution in [0.1, 0.15) is 35.7 Å². The monoisotopic (exact) mass is 523 g/mol. The highest BCUT2D eigenvalue weighted by molar-refractivity contribution is 9.10. The molecule has 0 saturated heterocycles. The predicted molar refractivity (Wildman–Crippen MR) is 138 cm³/mol. The highest BCUT2D eigenvalue weighted by Crippen LogP contribution is 2.32. The largest absolute Gasteiger partial charge is 0.495 e. The van der Waals surface area contributed by atoms with E-state index in [1.54, 1.807) is 37.4 Å². The summed E-state index contributed by atoms with van der Waals surface area (Å²) < 4.78 is 12.3. The van der Waals surface area contributed by atoms with Gasteiger partial charge in [-0.05, 0) is 78.3 Å². The first-order valence-electron chi connectivity index (χ1n) is 10.3. The SMILES string of the molecule is COc1ccc(-c2nc3cc(C(C)C)ccc3o2)cc1NC(=S)NC(=O)c1ccc(Br)cc1. The minimum Gasteiger partial charge on any atom is -0.495 e. The zero-order chi connectivity index (χ0) is 23.5. The average molecular weight is 524 g/mol. The van der Waals surface area contributed by atoms with E-state index in [0.29, 0.717) is 28.8 Å². The van der Waals surface area contributed by atoms with Gasteiger partial charge in [-0.1, -0.05) is 35.8 Å². The van der Waals surface area contributed by atoms with Gasteiger partial charge in [-0.25, -0.2) is 4.98 Å². The number of nitrogens with one attached hydrogen (secondary N) is 2. The number of thiocarbonyl (C=S) groups is 1. The number of ether oxygens (including phenoxy) is 1. The van der Waals surface area contributed by atoms with Crippen LogP contribution in [0.3, 0.4) is 0 Å². The highest BCUT2D eigenvalue weighted by atomic mass is 79.9. The van der Waals surface area contributed by atoms with Crippen molar-refractivity contribution in [2.24, 2.45) is 0 Å². The molecule has 0 spiro atoms. The molecule has 8 heteroatoms. The number of carbonyl (C=O) groups excluding carboxylic acids is 1. The minimum absolute atomic E-state index is 0.150. The Kier molecular flexibility index (Phi) is 6.76. The fourth-order valence-electron chi connectivity index (χ4n) is 3.30. The zero-order valence-electron chi connectivity index (χ0n) is 18.3. The first kappa shape index (κ1) is 22.9. The molecular weight excluding hydrogens is 502 g/mol. The fourth-order valence-corrected chi connectivity index (χ4v) is 3.76. The molecule has 0 saturated carbocycles. The number of methoxy groups -OCH3 is 1. The van der Waals surface area contributed by atoms with Crippen molar-refractivity contribution in [2.75, 3.05) is 12.4 Å². The molecule has 168 valence electrons. The van der Waals surface area contributed by atoms with Crippen LogP contribution in [0.15, 0.2) is 69.6 Å². The molecule has 6 nitrogen and oxygen atoms in total. The Balaban J connectivity index is 1.56. The maximum Gasteiger partial charge on any atom is 0.257 e. The van der Waals surface area contributed by atoms with E-state index in [2.05, 4.69) is 51.5 Å². The maximum atomic E-state index is 12.5. The lowest BCUT2D eigenvalue weighted by molar-refractivity contribution is 0.0977. The van der Waals surface area contributed by atoms with Crippen molar-refractivity contribution in [3.63, 3.8) is 0 Å². The van der Waals surface area contributed by atoms with E-state index in [1.165, 1.54) is 5.56 Å². The van der Waals surface area contributed by atoms with Gasteiger partial charge in [-0.2, -0.15) is 0 Å². The van der Waals surface area contributed by atoms with Crippen LogP contribution < -0.4 is 15.4 Å². The van der Waals surface area contributed by atoms with E-state index in [1.807, 2.05) is 24.3 Å². The second-order valence-corrected chi connectivity index (χ2v) is 9.06. The molecule has 0 aliphatic carbocycles. The quantitative estimate of drug-likeness (QED) is 0.290. The Hall–Kier alpha value is -3.23. The van der Waals surface area contributed by atoms with Gasteiger partial charge in [0.1, 0.15) is 11.3 Å². The molecule has 1 amide bonds. The number of rotatable bonds is 5. The van der Waals surface area contributed by atoms with Crippen LogP contribution in [0.25, 0.3) is 22.6 Å². The topological polar surface area (TPSA) is 76.4 Å². The Bertz CT molecular complexity index is 1330. The Morgan fingerprint density at radius 3 is 2.55 bits per heavy atom. The molecule has 0 aliphatic rings. The number of halogens is 1. The lowest BCUT2D eigenvalue weighted by atomic mass is 10.0. The van der Waals surface area contributed by atoms with Crippen molar-refractivity contribution < 1.29 is 13.9 Å². The van der Waals surface area contributed by atoms with Crippen molar-refractivity contribution >= 4 is 56.0 Å². The molecule has 1 aromatic heterocycles. The van der Waals surface area contributed by atoms with E-state index >= 15 is 0 Å². The number of aromatic nitrogens is 1. The number of hydrogen-bond donors (Lipinski definition) is 2. The Morgan fingerprint density at radius 2 is 1.85 bits per heavy atom. The van der Waals surface area contributed by atoms with Crippen LogP contribution in [0, 0.1) is 0 Å². The normalized spacial score (nSPS) is 10.9. The lowest BCUT2D eigenvalue weighted by Crippen LogP contribution is -2.34. The summed E-state index contributed by atoms with van der Waals surface area (Å²) in [7, 11) is 1.57. The predicted octanol–water partition coefficient (Wildman–Crippen LogP) is 6.52. The molecule has 4 aromatic rings. The maximum absolute atomic E-state index is 12.5. The van der Waals surface area contributed by atoms with Crippen molar-refractivity contribution in [1.29, 1.82) is 0 Å². The molecule has 33 heavy (non-hydrogen) atoms. The summed E-state index contributed by atoms with van der Waals surface area (Å²) in [6.45, 7) is 4.28. The second-order valence-electron chi connectivity index (χ2n) is 7.73. The van der Waals surface area contributed by atoms with Crippen molar-refractivity contribution in [3.05, 3.63) is 76.3 Å². The summed E-state index contributed by atoms with van der Waals surface area (Å²) >= 11 is 8.71. The van der Waals surface area contributed by atoms with Gasteiger partial charge in [0.05, 0.1) is 12.8 Å². The number of benzene rings is 3. The lowest BCUT2D eigenvalue weighted by Gasteiger charge is -2.13.